The van der Waals surface area contributed by atoms with Gasteiger partial charge in [0.05, 0.1) is 6.04 Å². The Bertz CT molecular complexity index is 965. The molecule has 1 aromatic carbocycles. The van der Waals surface area contributed by atoms with Crippen LogP contribution in [0.25, 0.3) is 0 Å². The van der Waals surface area contributed by atoms with Crippen molar-refractivity contribution in [2.75, 3.05) is 0 Å². The van der Waals surface area contributed by atoms with Gasteiger partial charge in [0.2, 0.25) is 23.6 Å². The van der Waals surface area contributed by atoms with Gasteiger partial charge < -0.3 is 37.6 Å². The molecule has 4 unspecified atom stereocenters. The van der Waals surface area contributed by atoms with Crippen LogP contribution in [0.2, 0.25) is 0 Å². The van der Waals surface area contributed by atoms with E-state index in [2.05, 4.69) is 16.0 Å². The molecule has 9 N–H and O–H groups in total. The monoisotopic (exact) mass is 535 g/mol. The molecule has 0 aromatic heterocycles. The van der Waals surface area contributed by atoms with Crippen LogP contribution in [0.5, 0.6) is 5.75 Å². The number of primary amides is 1. The highest BCUT2D eigenvalue weighted by molar-refractivity contribution is 5.94. The van der Waals surface area contributed by atoms with Crippen LogP contribution in [0.1, 0.15) is 58.9 Å². The number of nitrogens with one attached hydrogen (secondary N) is 3. The Morgan fingerprint density at radius 2 is 1.29 bits per heavy atom. The number of carbonyl (C=O) groups excluding carboxylic acids is 4. The minimum atomic E-state index is -1.35. The number of carboxylic acids is 1. The lowest BCUT2D eigenvalue weighted by Crippen LogP contribution is -2.57. The minimum absolute atomic E-state index is 0.00645. The smallest absolute Gasteiger partial charge is 0.326 e. The first-order valence-corrected chi connectivity index (χ1v) is 12.6. The normalized spacial score (nSPS) is 14.3. The second-order valence-electron chi connectivity index (χ2n) is 10.3. The Kier molecular flexibility index (Phi) is 13.2. The first kappa shape index (κ1) is 32.4. The molecule has 0 radical (unpaired) electrons. The van der Waals surface area contributed by atoms with Crippen molar-refractivity contribution in [3.63, 3.8) is 0 Å². The fraction of sp³-hybridized carbons (Fsp3) is 0.577. The predicted octanol–water partition coefficient (Wildman–Crippen LogP) is 0.159. The molecule has 212 valence electrons. The summed E-state index contributed by atoms with van der Waals surface area (Å²) < 4.78 is 0. The number of rotatable bonds is 16. The zero-order chi connectivity index (χ0) is 29.0. The van der Waals surface area contributed by atoms with Crippen molar-refractivity contribution in [1.82, 2.24) is 16.0 Å². The average Bonchev–Trinajstić information content (AvgIpc) is 2.80. The number of benzene rings is 1. The summed E-state index contributed by atoms with van der Waals surface area (Å²) in [5.41, 5.74) is 11.7. The molecule has 12 heteroatoms. The third kappa shape index (κ3) is 12.0. The molecule has 0 aliphatic heterocycles. The SMILES string of the molecule is CC(C)CC(N)C(=O)NC(CC(C)C)C(=O)NC(CCC(N)=O)C(=O)NC(Cc1ccc(O)cc1)C(=O)O. The summed E-state index contributed by atoms with van der Waals surface area (Å²) in [5.74, 6) is -3.83. The second kappa shape index (κ2) is 15.6. The van der Waals surface area contributed by atoms with Crippen LogP contribution in [0.3, 0.4) is 0 Å². The Morgan fingerprint density at radius 3 is 1.79 bits per heavy atom. The Labute approximate surface area is 222 Å². The van der Waals surface area contributed by atoms with E-state index < -0.39 is 53.8 Å². The van der Waals surface area contributed by atoms with Gasteiger partial charge in [-0.15, -0.1) is 0 Å². The van der Waals surface area contributed by atoms with E-state index in [0.29, 0.717) is 12.0 Å². The van der Waals surface area contributed by atoms with E-state index in [1.807, 2.05) is 27.7 Å². The van der Waals surface area contributed by atoms with Gasteiger partial charge in [-0.2, -0.15) is 0 Å². The topological polar surface area (TPSA) is 214 Å². The van der Waals surface area contributed by atoms with Gasteiger partial charge in [-0.05, 0) is 48.8 Å². The third-order valence-electron chi connectivity index (χ3n) is 5.71. The number of phenolic OH excluding ortho intramolecular Hbond substituents is 1. The van der Waals surface area contributed by atoms with Gasteiger partial charge in [-0.25, -0.2) is 4.79 Å². The second-order valence-corrected chi connectivity index (χ2v) is 10.3. The molecule has 0 aliphatic carbocycles. The van der Waals surface area contributed by atoms with Crippen molar-refractivity contribution in [3.8, 4) is 5.75 Å². The number of phenols is 1. The molecule has 4 atom stereocenters. The molecule has 12 nitrogen and oxygen atoms in total. The number of carbonyl (C=O) groups is 5. The third-order valence-corrected chi connectivity index (χ3v) is 5.71. The van der Waals surface area contributed by atoms with Crippen molar-refractivity contribution < 1.29 is 34.2 Å². The van der Waals surface area contributed by atoms with Gasteiger partial charge in [-0.3, -0.25) is 19.2 Å². The largest absolute Gasteiger partial charge is 0.508 e. The van der Waals surface area contributed by atoms with Crippen LogP contribution in [0, 0.1) is 11.8 Å². The van der Waals surface area contributed by atoms with Crippen LogP contribution in [-0.2, 0) is 30.4 Å². The molecule has 0 saturated heterocycles. The van der Waals surface area contributed by atoms with E-state index in [1.54, 1.807) is 0 Å². The number of hydrogen-bond donors (Lipinski definition) is 7. The zero-order valence-corrected chi connectivity index (χ0v) is 22.4. The lowest BCUT2D eigenvalue weighted by Gasteiger charge is -2.26. The van der Waals surface area contributed by atoms with E-state index in [9.17, 15) is 34.2 Å². The fourth-order valence-electron chi connectivity index (χ4n) is 3.76. The van der Waals surface area contributed by atoms with E-state index in [-0.39, 0.29) is 43.3 Å². The van der Waals surface area contributed by atoms with Gasteiger partial charge in [0.1, 0.15) is 23.9 Å². The number of hydrogen-bond acceptors (Lipinski definition) is 7. The molecule has 1 aromatic rings. The van der Waals surface area contributed by atoms with Crippen molar-refractivity contribution in [1.29, 1.82) is 0 Å². The number of amides is 4. The highest BCUT2D eigenvalue weighted by Crippen LogP contribution is 2.12. The summed E-state index contributed by atoms with van der Waals surface area (Å²) in [4.78, 5) is 62.0. The lowest BCUT2D eigenvalue weighted by atomic mass is 10.00. The number of aromatic hydroxyl groups is 1. The van der Waals surface area contributed by atoms with Crippen LogP contribution in [0.15, 0.2) is 24.3 Å². The minimum Gasteiger partial charge on any atom is -0.508 e. The van der Waals surface area contributed by atoms with Crippen molar-refractivity contribution in [2.24, 2.45) is 23.3 Å². The molecule has 0 saturated carbocycles. The standard InChI is InChI=1S/C26H41N5O7/c1-14(2)11-18(27)23(34)30-20(12-15(3)4)25(36)29-19(9-10-22(28)33)24(35)31-21(26(37)38)13-16-5-7-17(32)8-6-16/h5-8,14-15,18-21,32H,9-13,27H2,1-4H3,(H2,28,33)(H,29,36)(H,30,34)(H,31,35)(H,37,38). The summed E-state index contributed by atoms with van der Waals surface area (Å²) in [6.45, 7) is 7.55. The Hall–Kier alpha value is -3.67. The van der Waals surface area contributed by atoms with Crippen molar-refractivity contribution in [2.45, 2.75) is 84.0 Å². The molecular formula is C26H41N5O7. The molecule has 0 heterocycles. The van der Waals surface area contributed by atoms with Gasteiger partial charge >= 0.3 is 5.97 Å². The quantitative estimate of drug-likeness (QED) is 0.154. The molecule has 0 aliphatic rings. The number of carboxylic acid groups (broad SMARTS) is 1. The lowest BCUT2D eigenvalue weighted by molar-refractivity contribution is -0.142. The van der Waals surface area contributed by atoms with Crippen molar-refractivity contribution in [3.05, 3.63) is 29.8 Å². The fourth-order valence-corrected chi connectivity index (χ4v) is 3.76. The van der Waals surface area contributed by atoms with Gasteiger partial charge in [0.15, 0.2) is 0 Å². The van der Waals surface area contributed by atoms with E-state index in [0.717, 1.165) is 0 Å². The summed E-state index contributed by atoms with van der Waals surface area (Å²) >= 11 is 0. The predicted molar refractivity (Wildman–Crippen MR) is 141 cm³/mol. The average molecular weight is 536 g/mol. The van der Waals surface area contributed by atoms with E-state index in [4.69, 9.17) is 11.5 Å². The maximum absolute atomic E-state index is 13.2. The number of aliphatic carboxylic acids is 1. The van der Waals surface area contributed by atoms with Gasteiger partial charge in [-0.1, -0.05) is 39.8 Å². The van der Waals surface area contributed by atoms with Crippen LogP contribution in [-0.4, -0.2) is 64.0 Å². The molecule has 38 heavy (non-hydrogen) atoms. The first-order valence-electron chi connectivity index (χ1n) is 12.6. The summed E-state index contributed by atoms with van der Waals surface area (Å²) in [6, 6.07) is 1.37. The summed E-state index contributed by atoms with van der Waals surface area (Å²) in [7, 11) is 0. The molecule has 0 fully saturated rings. The molecule has 0 bridgehead atoms. The van der Waals surface area contributed by atoms with Crippen LogP contribution >= 0.6 is 0 Å². The van der Waals surface area contributed by atoms with Gasteiger partial charge in [0, 0.05) is 12.8 Å². The highest BCUT2D eigenvalue weighted by atomic mass is 16.4. The molecule has 0 spiro atoms. The summed E-state index contributed by atoms with van der Waals surface area (Å²) in [5, 5.41) is 26.6. The molecule has 1 rings (SSSR count). The Morgan fingerprint density at radius 1 is 0.789 bits per heavy atom. The van der Waals surface area contributed by atoms with Crippen molar-refractivity contribution >= 4 is 29.6 Å². The van der Waals surface area contributed by atoms with E-state index >= 15 is 0 Å². The van der Waals surface area contributed by atoms with Crippen LogP contribution < -0.4 is 27.4 Å². The van der Waals surface area contributed by atoms with E-state index in [1.165, 1.54) is 24.3 Å². The maximum Gasteiger partial charge on any atom is 0.326 e. The van der Waals surface area contributed by atoms with Crippen LogP contribution in [0.4, 0.5) is 0 Å². The first-order chi connectivity index (χ1) is 17.7. The Balaban J connectivity index is 3.05. The number of nitrogens with two attached hydrogens (primary N) is 2. The molecular weight excluding hydrogens is 494 g/mol. The molecule has 4 amide bonds. The summed E-state index contributed by atoms with van der Waals surface area (Å²) in [6.07, 6.45) is 0.178. The maximum atomic E-state index is 13.2. The highest BCUT2D eigenvalue weighted by Gasteiger charge is 2.31. The van der Waals surface area contributed by atoms with Gasteiger partial charge in [0.25, 0.3) is 0 Å². The zero-order valence-electron chi connectivity index (χ0n) is 22.4.